The normalized spacial score (nSPS) is 15.2. The highest BCUT2D eigenvalue weighted by atomic mass is 35.5. The number of nitro groups is 1. The van der Waals surface area contributed by atoms with Crippen molar-refractivity contribution in [3.63, 3.8) is 0 Å². The molecule has 0 unspecified atom stereocenters. The van der Waals surface area contributed by atoms with Gasteiger partial charge >= 0.3 is 0 Å². The summed E-state index contributed by atoms with van der Waals surface area (Å²) in [6.45, 7) is 6.38. The lowest BCUT2D eigenvalue weighted by molar-refractivity contribution is -0.858. The Morgan fingerprint density at radius 1 is 1.26 bits per heavy atom. The van der Waals surface area contributed by atoms with Crippen LogP contribution in [0.1, 0.15) is 12.2 Å². The fourth-order valence-electron chi connectivity index (χ4n) is 3.40. The van der Waals surface area contributed by atoms with Gasteiger partial charge in [0.25, 0.3) is 5.69 Å². The first-order valence-corrected chi connectivity index (χ1v) is 9.27. The average Bonchev–Trinajstić information content (AvgIpc) is 2.97. The van der Waals surface area contributed by atoms with E-state index in [-0.39, 0.29) is 23.0 Å². The summed E-state index contributed by atoms with van der Waals surface area (Å²) in [6, 6.07) is 4.99. The Balaban J connectivity index is 0.00000261. The number of hydrogen-bond acceptors (Lipinski definition) is 5. The monoisotopic (exact) mass is 397 g/mol. The predicted molar refractivity (Wildman–Crippen MR) is 99.6 cm³/mol. The molecular formula is C18H28ClN5O3. The lowest BCUT2D eigenvalue weighted by Crippen LogP contribution is -3.05. The molecule has 0 aliphatic carbocycles. The number of hydrogen-bond donors (Lipinski definition) is 1. The zero-order valence-corrected chi connectivity index (χ0v) is 16.7. The van der Waals surface area contributed by atoms with E-state index in [1.54, 1.807) is 12.1 Å². The van der Waals surface area contributed by atoms with E-state index in [1.165, 1.54) is 4.90 Å². The quantitative estimate of drug-likeness (QED) is 0.389. The van der Waals surface area contributed by atoms with Crippen molar-refractivity contribution in [2.45, 2.75) is 19.4 Å². The summed E-state index contributed by atoms with van der Waals surface area (Å²) in [7, 11) is 4.30. The molecule has 1 saturated heterocycles. The largest absolute Gasteiger partial charge is 1.00 e. The molecule has 0 amide bonds. The first-order chi connectivity index (χ1) is 12.5. The van der Waals surface area contributed by atoms with Crippen LogP contribution in [0.5, 0.6) is 0 Å². The van der Waals surface area contributed by atoms with E-state index in [0.717, 1.165) is 70.1 Å². The molecule has 2 aromatic rings. The third kappa shape index (κ3) is 5.62. The molecule has 0 radical (unpaired) electrons. The van der Waals surface area contributed by atoms with Gasteiger partial charge in [-0.1, -0.05) is 0 Å². The Labute approximate surface area is 165 Å². The first-order valence-electron chi connectivity index (χ1n) is 9.27. The van der Waals surface area contributed by atoms with Crippen molar-refractivity contribution in [1.82, 2.24) is 14.5 Å². The number of ether oxygens (including phenoxy) is 1. The maximum Gasteiger partial charge on any atom is 0.271 e. The van der Waals surface area contributed by atoms with Gasteiger partial charge in [-0.25, -0.2) is 4.98 Å². The molecule has 1 fully saturated rings. The lowest BCUT2D eigenvalue weighted by Gasteiger charge is -2.26. The molecule has 150 valence electrons. The molecular weight excluding hydrogens is 370 g/mol. The zero-order chi connectivity index (χ0) is 18.5. The standard InChI is InChI=1S/C18H27N5O3.ClH/c1-20(2)7-3-8-22-17-5-4-15(23(24)25)14-16(17)19-18(22)6-9-21-10-12-26-13-11-21;/h4-5,14H,3,6-13H2,1-2H3;1H. The van der Waals surface area contributed by atoms with Gasteiger partial charge < -0.3 is 26.6 Å². The van der Waals surface area contributed by atoms with Gasteiger partial charge in [0.1, 0.15) is 5.82 Å². The molecule has 1 aliphatic rings. The smallest absolute Gasteiger partial charge is 0.271 e. The minimum atomic E-state index is -0.360. The minimum absolute atomic E-state index is 0. The second-order valence-corrected chi connectivity index (χ2v) is 7.12. The van der Waals surface area contributed by atoms with E-state index < -0.39 is 0 Å². The third-order valence-electron chi connectivity index (χ3n) is 4.84. The van der Waals surface area contributed by atoms with E-state index in [2.05, 4.69) is 23.6 Å². The summed E-state index contributed by atoms with van der Waals surface area (Å²) < 4.78 is 7.64. The van der Waals surface area contributed by atoms with Crippen molar-refractivity contribution in [2.75, 3.05) is 53.5 Å². The number of quaternary nitrogens is 1. The average molecular weight is 398 g/mol. The summed E-state index contributed by atoms with van der Waals surface area (Å²) in [5.74, 6) is 1.01. The summed E-state index contributed by atoms with van der Waals surface area (Å²) >= 11 is 0. The molecule has 0 spiro atoms. The second-order valence-electron chi connectivity index (χ2n) is 7.12. The van der Waals surface area contributed by atoms with E-state index in [1.807, 2.05) is 6.07 Å². The van der Waals surface area contributed by atoms with Crippen LogP contribution in [-0.4, -0.2) is 72.9 Å². The number of aryl methyl sites for hydroxylation is 1. The van der Waals surface area contributed by atoms with Crippen molar-refractivity contribution in [2.24, 2.45) is 0 Å². The molecule has 0 saturated carbocycles. The van der Waals surface area contributed by atoms with Gasteiger partial charge in [0.2, 0.25) is 0 Å². The number of rotatable bonds is 8. The summed E-state index contributed by atoms with van der Waals surface area (Å²) in [4.78, 5) is 19.2. The number of fused-ring (bicyclic) bond motifs is 1. The molecule has 1 aromatic heterocycles. The number of morpholine rings is 1. The first kappa shape index (κ1) is 21.6. The van der Waals surface area contributed by atoms with E-state index in [0.29, 0.717) is 5.52 Å². The van der Waals surface area contributed by atoms with Crippen LogP contribution in [0.25, 0.3) is 11.0 Å². The Bertz CT molecular complexity index is 759. The Hall–Kier alpha value is -1.74. The van der Waals surface area contributed by atoms with Crippen LogP contribution < -0.4 is 17.3 Å². The topological polar surface area (TPSA) is 77.9 Å². The highest BCUT2D eigenvalue weighted by Crippen LogP contribution is 2.22. The zero-order valence-electron chi connectivity index (χ0n) is 16.0. The third-order valence-corrected chi connectivity index (χ3v) is 4.84. The van der Waals surface area contributed by atoms with Crippen molar-refractivity contribution in [1.29, 1.82) is 0 Å². The van der Waals surface area contributed by atoms with Crippen molar-refractivity contribution < 1.29 is 27.0 Å². The molecule has 0 bridgehead atoms. The number of benzene rings is 1. The van der Waals surface area contributed by atoms with Gasteiger partial charge in [0.05, 0.1) is 49.8 Å². The molecule has 9 heteroatoms. The van der Waals surface area contributed by atoms with Crippen LogP contribution in [0.4, 0.5) is 5.69 Å². The molecule has 8 nitrogen and oxygen atoms in total. The minimum Gasteiger partial charge on any atom is -1.00 e. The SMILES string of the molecule is C[NH+](C)CCCn1c(CCN2CCOCC2)nc2cc([N+](=O)[O-])ccc21.[Cl-]. The highest BCUT2D eigenvalue weighted by Gasteiger charge is 2.17. The van der Waals surface area contributed by atoms with Crippen molar-refractivity contribution in [3.05, 3.63) is 34.1 Å². The number of nitro benzene ring substituents is 1. The maximum atomic E-state index is 11.1. The molecule has 1 aromatic carbocycles. The van der Waals surface area contributed by atoms with Crippen LogP contribution in [0.3, 0.4) is 0 Å². The summed E-state index contributed by atoms with van der Waals surface area (Å²) in [5, 5.41) is 11.1. The molecule has 1 N–H and O–H groups in total. The van der Waals surface area contributed by atoms with Gasteiger partial charge in [-0.3, -0.25) is 15.0 Å². The molecule has 27 heavy (non-hydrogen) atoms. The Morgan fingerprint density at radius 2 is 2.00 bits per heavy atom. The fraction of sp³-hybridized carbons (Fsp3) is 0.611. The highest BCUT2D eigenvalue weighted by molar-refractivity contribution is 5.78. The van der Waals surface area contributed by atoms with Gasteiger partial charge in [0, 0.05) is 51.2 Å². The van der Waals surface area contributed by atoms with Crippen LogP contribution in [0.15, 0.2) is 18.2 Å². The van der Waals surface area contributed by atoms with Crippen LogP contribution in [0.2, 0.25) is 0 Å². The predicted octanol–water partition coefficient (Wildman–Crippen LogP) is -2.64. The molecule has 2 heterocycles. The summed E-state index contributed by atoms with van der Waals surface area (Å²) in [5.41, 5.74) is 1.80. The number of aromatic nitrogens is 2. The van der Waals surface area contributed by atoms with Crippen LogP contribution in [-0.2, 0) is 17.7 Å². The number of nitrogens with one attached hydrogen (secondary N) is 1. The van der Waals surface area contributed by atoms with E-state index >= 15 is 0 Å². The number of halogens is 1. The van der Waals surface area contributed by atoms with Gasteiger partial charge in [0.15, 0.2) is 0 Å². The Morgan fingerprint density at radius 3 is 2.67 bits per heavy atom. The number of nitrogens with zero attached hydrogens (tertiary/aromatic N) is 4. The molecule has 1 aliphatic heterocycles. The van der Waals surface area contributed by atoms with Gasteiger partial charge in [-0.05, 0) is 6.07 Å². The second kappa shape index (κ2) is 9.98. The van der Waals surface area contributed by atoms with Crippen molar-refractivity contribution >= 4 is 16.7 Å². The van der Waals surface area contributed by atoms with Gasteiger partial charge in [-0.15, -0.1) is 0 Å². The maximum absolute atomic E-state index is 11.1. The Kier molecular flexibility index (Phi) is 7.97. The van der Waals surface area contributed by atoms with Crippen LogP contribution in [0, 0.1) is 10.1 Å². The number of imidazole rings is 1. The number of non-ortho nitro benzene ring substituents is 1. The van der Waals surface area contributed by atoms with Gasteiger partial charge in [-0.2, -0.15) is 0 Å². The molecule has 0 atom stereocenters. The van der Waals surface area contributed by atoms with Crippen LogP contribution >= 0.6 is 0 Å². The molecule has 3 rings (SSSR count). The van der Waals surface area contributed by atoms with Crippen molar-refractivity contribution in [3.8, 4) is 0 Å². The van der Waals surface area contributed by atoms with E-state index in [4.69, 9.17) is 9.72 Å². The lowest BCUT2D eigenvalue weighted by atomic mass is 10.2. The summed E-state index contributed by atoms with van der Waals surface area (Å²) in [6.07, 6.45) is 1.90. The van der Waals surface area contributed by atoms with E-state index in [9.17, 15) is 10.1 Å². The fourth-order valence-corrected chi connectivity index (χ4v) is 3.40.